The quantitative estimate of drug-likeness (QED) is 0.188. The number of hydrogen-bond donors (Lipinski definition) is 4. The first-order chi connectivity index (χ1) is 19.4. The normalized spacial score (nSPS) is 11.5. The number of carboxylic acid groups (broad SMARTS) is 1. The summed E-state index contributed by atoms with van der Waals surface area (Å²) >= 11 is 0. The van der Waals surface area contributed by atoms with Crippen molar-refractivity contribution in [3.8, 4) is 17.3 Å². The lowest BCUT2D eigenvalue weighted by Gasteiger charge is -2.11. The SMILES string of the molecule is Cc1cc2cc(C(=O)c3cnn(-c4cnc(Oc5ccccc5F)cc4C)c3N)[nH]c2cc1NS(=O)(=O)CC(=O)O. The van der Waals surface area contributed by atoms with E-state index in [1.54, 1.807) is 44.2 Å². The van der Waals surface area contributed by atoms with Crippen LogP contribution in [0.5, 0.6) is 11.6 Å². The number of carboxylic acids is 1. The molecule has 5 rings (SSSR count). The van der Waals surface area contributed by atoms with Gasteiger partial charge < -0.3 is 20.6 Å². The Morgan fingerprint density at radius 1 is 1.12 bits per heavy atom. The molecule has 0 unspecified atom stereocenters. The van der Waals surface area contributed by atoms with E-state index < -0.39 is 33.3 Å². The minimum absolute atomic E-state index is 0.0250. The number of nitrogens with one attached hydrogen (secondary N) is 2. The van der Waals surface area contributed by atoms with Crippen molar-refractivity contribution < 1.29 is 32.2 Å². The Bertz CT molecular complexity index is 1950. The van der Waals surface area contributed by atoms with Crippen molar-refractivity contribution in [3.63, 3.8) is 0 Å². The molecule has 0 aliphatic carbocycles. The number of aromatic nitrogens is 4. The largest absolute Gasteiger partial charge is 0.480 e. The first kappa shape index (κ1) is 27.3. The molecule has 2 aromatic carbocycles. The Hall–Kier alpha value is -5.24. The molecule has 0 saturated heterocycles. The average molecular weight is 579 g/mol. The molecule has 0 radical (unpaired) electrons. The number of ketones is 1. The van der Waals surface area contributed by atoms with Crippen LogP contribution in [0.2, 0.25) is 0 Å². The Kier molecular flexibility index (Phi) is 6.92. The Morgan fingerprint density at radius 3 is 2.59 bits per heavy atom. The van der Waals surface area contributed by atoms with Gasteiger partial charge >= 0.3 is 5.97 Å². The number of fused-ring (bicyclic) bond motifs is 1. The van der Waals surface area contributed by atoms with Gasteiger partial charge in [-0.05, 0) is 55.3 Å². The molecule has 5 N–H and O–H groups in total. The highest BCUT2D eigenvalue weighted by molar-refractivity contribution is 7.93. The van der Waals surface area contributed by atoms with Crippen LogP contribution in [0.1, 0.15) is 27.2 Å². The summed E-state index contributed by atoms with van der Waals surface area (Å²) in [5.41, 5.74) is 8.89. The number of rotatable bonds is 9. The molecule has 3 aromatic heterocycles. The summed E-state index contributed by atoms with van der Waals surface area (Å²) in [4.78, 5) is 31.4. The third-order valence-electron chi connectivity index (χ3n) is 6.18. The molecule has 0 amide bonds. The van der Waals surface area contributed by atoms with Crippen molar-refractivity contribution in [3.05, 3.63) is 89.1 Å². The number of pyridine rings is 1. The maximum absolute atomic E-state index is 13.9. The fourth-order valence-corrected chi connectivity index (χ4v) is 5.16. The molecule has 0 atom stereocenters. The van der Waals surface area contributed by atoms with Gasteiger partial charge in [-0.25, -0.2) is 22.5 Å². The summed E-state index contributed by atoms with van der Waals surface area (Å²) in [6, 6.07) is 12.3. The van der Waals surface area contributed by atoms with Crippen molar-refractivity contribution in [1.29, 1.82) is 0 Å². The lowest BCUT2D eigenvalue weighted by atomic mass is 10.1. The second-order valence-electron chi connectivity index (χ2n) is 9.22. The van der Waals surface area contributed by atoms with Crippen LogP contribution in [0, 0.1) is 19.7 Å². The lowest BCUT2D eigenvalue weighted by Crippen LogP contribution is -2.22. The van der Waals surface area contributed by atoms with Gasteiger partial charge in [0.2, 0.25) is 21.7 Å². The van der Waals surface area contributed by atoms with Crippen LogP contribution < -0.4 is 15.2 Å². The third-order valence-corrected chi connectivity index (χ3v) is 7.34. The molecular weight excluding hydrogens is 555 g/mol. The molecule has 0 saturated carbocycles. The maximum atomic E-state index is 13.9. The number of para-hydroxylation sites is 1. The van der Waals surface area contributed by atoms with Crippen LogP contribution in [0.3, 0.4) is 0 Å². The number of aromatic amines is 1. The number of aliphatic carboxylic acids is 1. The van der Waals surface area contributed by atoms with Gasteiger partial charge in [0.15, 0.2) is 17.3 Å². The Morgan fingerprint density at radius 2 is 1.88 bits per heavy atom. The topological polar surface area (TPSA) is 182 Å². The lowest BCUT2D eigenvalue weighted by molar-refractivity contribution is -0.134. The summed E-state index contributed by atoms with van der Waals surface area (Å²) < 4.78 is 47.3. The second-order valence-corrected chi connectivity index (χ2v) is 10.9. The zero-order chi connectivity index (χ0) is 29.5. The predicted molar refractivity (Wildman–Crippen MR) is 148 cm³/mol. The van der Waals surface area contributed by atoms with Gasteiger partial charge in [0.1, 0.15) is 5.82 Å². The number of nitrogen functional groups attached to an aromatic ring is 1. The molecule has 0 bridgehead atoms. The van der Waals surface area contributed by atoms with Crippen LogP contribution in [0.25, 0.3) is 16.6 Å². The van der Waals surface area contributed by atoms with E-state index in [1.807, 2.05) is 0 Å². The van der Waals surface area contributed by atoms with Crippen molar-refractivity contribution in [2.24, 2.45) is 0 Å². The molecule has 5 aromatic rings. The average Bonchev–Trinajstić information content (AvgIpc) is 3.47. The number of benzene rings is 2. The van der Waals surface area contributed by atoms with E-state index in [2.05, 4.69) is 19.8 Å². The summed E-state index contributed by atoms with van der Waals surface area (Å²) in [5, 5.41) is 13.7. The van der Waals surface area contributed by atoms with Crippen LogP contribution >= 0.6 is 0 Å². The minimum Gasteiger partial charge on any atom is -0.480 e. The molecule has 0 fully saturated rings. The molecule has 41 heavy (non-hydrogen) atoms. The Balaban J connectivity index is 1.41. The van der Waals surface area contributed by atoms with Crippen LogP contribution in [-0.2, 0) is 14.8 Å². The van der Waals surface area contributed by atoms with E-state index in [9.17, 15) is 22.4 Å². The molecular formula is C27H23FN6O6S. The number of H-pyrrole nitrogens is 1. The first-order valence-corrected chi connectivity index (χ1v) is 13.7. The van der Waals surface area contributed by atoms with Gasteiger partial charge in [-0.3, -0.25) is 14.3 Å². The molecule has 3 heterocycles. The Labute approximate surface area is 232 Å². The fourth-order valence-electron chi connectivity index (χ4n) is 4.20. The predicted octanol–water partition coefficient (Wildman–Crippen LogP) is 3.94. The number of halogens is 1. The number of hydrogen-bond acceptors (Lipinski definition) is 8. The van der Waals surface area contributed by atoms with Crippen molar-refractivity contribution in [2.75, 3.05) is 16.2 Å². The van der Waals surface area contributed by atoms with E-state index in [0.717, 1.165) is 0 Å². The second kappa shape index (κ2) is 10.4. The van der Waals surface area contributed by atoms with Gasteiger partial charge in [-0.2, -0.15) is 5.10 Å². The minimum atomic E-state index is -4.12. The van der Waals surface area contributed by atoms with E-state index in [-0.39, 0.29) is 34.4 Å². The number of nitrogens with zero attached hydrogens (tertiary/aromatic N) is 3. The highest BCUT2D eigenvalue weighted by Crippen LogP contribution is 2.29. The van der Waals surface area contributed by atoms with Crippen molar-refractivity contribution in [1.82, 2.24) is 19.7 Å². The van der Waals surface area contributed by atoms with E-state index in [0.29, 0.717) is 27.7 Å². The van der Waals surface area contributed by atoms with Crippen molar-refractivity contribution >= 4 is 44.2 Å². The molecule has 0 aliphatic heterocycles. The molecule has 12 nitrogen and oxygen atoms in total. The standard InChI is InChI=1S/C27H23FN6O6S/c1-14-7-16-9-21(32-20(16)10-19(14)33-41(38,39)13-25(35)36)26(37)17-11-31-34(27(17)29)22-12-30-24(8-15(22)2)40-23-6-4-3-5-18(23)28/h3-12,32-33H,13,29H2,1-2H3,(H,35,36). The van der Waals surface area contributed by atoms with Crippen LogP contribution in [0.4, 0.5) is 15.9 Å². The zero-order valence-electron chi connectivity index (χ0n) is 21.7. The number of carbonyl (C=O) groups excluding carboxylic acids is 1. The number of ether oxygens (including phenoxy) is 1. The van der Waals surface area contributed by atoms with E-state index in [4.69, 9.17) is 15.6 Å². The van der Waals surface area contributed by atoms with Crippen molar-refractivity contribution in [2.45, 2.75) is 13.8 Å². The van der Waals surface area contributed by atoms with Crippen LogP contribution in [0.15, 0.2) is 60.9 Å². The molecule has 14 heteroatoms. The van der Waals surface area contributed by atoms with Gasteiger partial charge in [0.25, 0.3) is 0 Å². The van der Waals surface area contributed by atoms with E-state index in [1.165, 1.54) is 35.3 Å². The van der Waals surface area contributed by atoms with Gasteiger partial charge in [-0.1, -0.05) is 12.1 Å². The monoisotopic (exact) mass is 578 g/mol. The summed E-state index contributed by atoms with van der Waals surface area (Å²) in [5.74, 6) is -3.31. The number of anilines is 2. The molecule has 0 spiro atoms. The summed E-state index contributed by atoms with van der Waals surface area (Å²) in [6.07, 6.45) is 2.77. The number of sulfonamides is 1. The smallest absolute Gasteiger partial charge is 0.320 e. The summed E-state index contributed by atoms with van der Waals surface area (Å²) in [7, 11) is -4.12. The number of aryl methyl sites for hydroxylation is 2. The first-order valence-electron chi connectivity index (χ1n) is 12.0. The number of carbonyl (C=O) groups is 2. The fraction of sp³-hybridized carbons (Fsp3) is 0.111. The van der Waals surface area contributed by atoms with Gasteiger partial charge in [-0.15, -0.1) is 0 Å². The van der Waals surface area contributed by atoms with E-state index >= 15 is 0 Å². The molecule has 210 valence electrons. The number of nitrogens with two attached hydrogens (primary N) is 1. The highest BCUT2D eigenvalue weighted by Gasteiger charge is 2.22. The van der Waals surface area contributed by atoms with Crippen LogP contribution in [-0.4, -0.2) is 50.8 Å². The summed E-state index contributed by atoms with van der Waals surface area (Å²) in [6.45, 7) is 3.41. The maximum Gasteiger partial charge on any atom is 0.320 e. The van der Waals surface area contributed by atoms with Gasteiger partial charge in [0, 0.05) is 17.0 Å². The molecule has 0 aliphatic rings. The zero-order valence-corrected chi connectivity index (χ0v) is 22.5. The highest BCUT2D eigenvalue weighted by atomic mass is 32.2. The van der Waals surface area contributed by atoms with Gasteiger partial charge in [0.05, 0.1) is 35.0 Å². The third kappa shape index (κ3) is 5.58.